The van der Waals surface area contributed by atoms with Gasteiger partial charge in [0.25, 0.3) is 0 Å². The van der Waals surface area contributed by atoms with Crippen LogP contribution in [0.15, 0.2) is 42.7 Å². The number of carbonyl (C=O) groups is 1. The van der Waals surface area contributed by atoms with Crippen LogP contribution in [0.1, 0.15) is 44.2 Å². The third-order valence-corrected chi connectivity index (χ3v) is 4.70. The summed E-state index contributed by atoms with van der Waals surface area (Å²) in [7, 11) is 0. The molecule has 3 rings (SSSR count). The molecule has 1 aromatic carbocycles. The number of halogens is 1. The molecule has 6 heteroatoms. The van der Waals surface area contributed by atoms with Crippen molar-refractivity contribution in [3.05, 3.63) is 48.3 Å². The highest BCUT2D eigenvalue weighted by Crippen LogP contribution is 2.27. The smallest absolute Gasteiger partial charge is 0.220 e. The summed E-state index contributed by atoms with van der Waals surface area (Å²) >= 11 is 0. The molecular formula is C18H25ClN4O. The quantitative estimate of drug-likeness (QED) is 0.872. The van der Waals surface area contributed by atoms with E-state index >= 15 is 0 Å². The lowest BCUT2D eigenvalue weighted by molar-refractivity contribution is -0.122. The summed E-state index contributed by atoms with van der Waals surface area (Å²) in [5.74, 6) is 0.431. The SMILES string of the molecule is CC(NC(=O)C[C@@H]1CCC[C@H]1N)c1ccc(-n2cccn2)cc1.Cl. The van der Waals surface area contributed by atoms with Crippen molar-refractivity contribution >= 4 is 18.3 Å². The van der Waals surface area contributed by atoms with Gasteiger partial charge in [0, 0.05) is 24.9 Å². The topological polar surface area (TPSA) is 72.9 Å². The van der Waals surface area contributed by atoms with Gasteiger partial charge in [0.1, 0.15) is 0 Å². The monoisotopic (exact) mass is 348 g/mol. The van der Waals surface area contributed by atoms with Crippen LogP contribution in [-0.4, -0.2) is 21.7 Å². The van der Waals surface area contributed by atoms with Crippen LogP contribution in [0.4, 0.5) is 0 Å². The number of benzene rings is 1. The van der Waals surface area contributed by atoms with Crippen molar-refractivity contribution < 1.29 is 4.79 Å². The van der Waals surface area contributed by atoms with Crippen LogP contribution in [0.3, 0.4) is 0 Å². The highest BCUT2D eigenvalue weighted by atomic mass is 35.5. The van der Waals surface area contributed by atoms with E-state index in [1.165, 1.54) is 0 Å². The largest absolute Gasteiger partial charge is 0.350 e. The predicted octanol–water partition coefficient (Wildman–Crippen LogP) is 2.99. The molecule has 5 nitrogen and oxygen atoms in total. The van der Waals surface area contributed by atoms with E-state index in [2.05, 4.69) is 10.4 Å². The van der Waals surface area contributed by atoms with E-state index in [9.17, 15) is 4.79 Å². The molecule has 1 heterocycles. The summed E-state index contributed by atoms with van der Waals surface area (Å²) in [6, 6.07) is 10.2. The summed E-state index contributed by atoms with van der Waals surface area (Å²) in [4.78, 5) is 12.2. The maximum atomic E-state index is 12.2. The molecule has 1 saturated carbocycles. The third-order valence-electron chi connectivity index (χ3n) is 4.70. The molecule has 130 valence electrons. The van der Waals surface area contributed by atoms with Gasteiger partial charge in [-0.3, -0.25) is 4.79 Å². The summed E-state index contributed by atoms with van der Waals surface area (Å²) in [6.07, 6.45) is 7.46. The Morgan fingerprint density at radius 2 is 2.12 bits per heavy atom. The van der Waals surface area contributed by atoms with Crippen LogP contribution in [0.25, 0.3) is 5.69 Å². The van der Waals surface area contributed by atoms with E-state index in [-0.39, 0.29) is 30.4 Å². The number of rotatable bonds is 5. The molecular weight excluding hydrogens is 324 g/mol. The Hall–Kier alpha value is -1.85. The number of nitrogens with one attached hydrogen (secondary N) is 1. The first-order valence-electron chi connectivity index (χ1n) is 8.28. The lowest BCUT2D eigenvalue weighted by Gasteiger charge is -2.18. The maximum absolute atomic E-state index is 12.2. The molecule has 1 aliphatic carbocycles. The van der Waals surface area contributed by atoms with Crippen LogP contribution >= 0.6 is 12.4 Å². The minimum atomic E-state index is -0.00759. The molecule has 0 bridgehead atoms. The molecule has 0 spiro atoms. The highest BCUT2D eigenvalue weighted by molar-refractivity contribution is 5.85. The number of nitrogens with two attached hydrogens (primary N) is 1. The normalized spacial score (nSPS) is 21.1. The Morgan fingerprint density at radius 3 is 2.71 bits per heavy atom. The first kappa shape index (κ1) is 18.5. The van der Waals surface area contributed by atoms with Gasteiger partial charge in [-0.2, -0.15) is 5.10 Å². The Labute approximate surface area is 149 Å². The number of carbonyl (C=O) groups excluding carboxylic acids is 1. The standard InChI is InChI=1S/C18H24N4O.ClH/c1-13(21-18(23)12-15-4-2-5-17(15)19)14-6-8-16(9-7-14)22-11-3-10-20-22;/h3,6-11,13,15,17H,2,4-5,12,19H2,1H3,(H,21,23);1H/t13?,15-,17+;/m0./s1. The van der Waals surface area contributed by atoms with E-state index in [4.69, 9.17) is 5.73 Å². The van der Waals surface area contributed by atoms with E-state index in [1.807, 2.05) is 48.1 Å². The zero-order chi connectivity index (χ0) is 16.2. The Balaban J connectivity index is 0.00000208. The molecule has 3 N–H and O–H groups in total. The van der Waals surface area contributed by atoms with Crippen molar-refractivity contribution in [1.82, 2.24) is 15.1 Å². The predicted molar refractivity (Wildman–Crippen MR) is 97.3 cm³/mol. The summed E-state index contributed by atoms with van der Waals surface area (Å²) in [6.45, 7) is 2.01. The second-order valence-corrected chi connectivity index (χ2v) is 6.39. The average molecular weight is 349 g/mol. The molecule has 2 aromatic rings. The summed E-state index contributed by atoms with van der Waals surface area (Å²) in [5, 5.41) is 7.29. The summed E-state index contributed by atoms with van der Waals surface area (Å²) < 4.78 is 1.81. The Morgan fingerprint density at radius 1 is 1.38 bits per heavy atom. The molecule has 3 atom stereocenters. The van der Waals surface area contributed by atoms with E-state index in [0.717, 1.165) is 30.5 Å². The van der Waals surface area contributed by atoms with Crippen molar-refractivity contribution in [1.29, 1.82) is 0 Å². The van der Waals surface area contributed by atoms with Gasteiger partial charge in [-0.1, -0.05) is 18.6 Å². The Bertz CT molecular complexity index is 642. The summed E-state index contributed by atoms with van der Waals surface area (Å²) in [5.41, 5.74) is 8.14. The molecule has 1 fully saturated rings. The number of hydrogen-bond donors (Lipinski definition) is 2. The lowest BCUT2D eigenvalue weighted by atomic mass is 9.99. The van der Waals surface area contributed by atoms with E-state index in [0.29, 0.717) is 12.3 Å². The van der Waals surface area contributed by atoms with Crippen LogP contribution in [0.5, 0.6) is 0 Å². The van der Waals surface area contributed by atoms with Gasteiger partial charge in [-0.05, 0) is 49.4 Å². The van der Waals surface area contributed by atoms with Crippen LogP contribution in [0.2, 0.25) is 0 Å². The molecule has 0 saturated heterocycles. The molecule has 24 heavy (non-hydrogen) atoms. The number of amides is 1. The van der Waals surface area contributed by atoms with Crippen molar-refractivity contribution in [2.24, 2.45) is 11.7 Å². The van der Waals surface area contributed by atoms with Gasteiger partial charge in [0.2, 0.25) is 5.91 Å². The average Bonchev–Trinajstić information content (AvgIpc) is 3.20. The van der Waals surface area contributed by atoms with Crippen molar-refractivity contribution in [3.8, 4) is 5.69 Å². The van der Waals surface area contributed by atoms with Crippen LogP contribution < -0.4 is 11.1 Å². The van der Waals surface area contributed by atoms with E-state index in [1.54, 1.807) is 6.20 Å². The number of nitrogens with zero attached hydrogens (tertiary/aromatic N) is 2. The highest BCUT2D eigenvalue weighted by Gasteiger charge is 2.26. The molecule has 1 aliphatic rings. The third kappa shape index (κ3) is 4.36. The van der Waals surface area contributed by atoms with Crippen LogP contribution in [-0.2, 0) is 4.79 Å². The first-order chi connectivity index (χ1) is 11.1. The fraction of sp³-hybridized carbons (Fsp3) is 0.444. The van der Waals surface area contributed by atoms with Crippen molar-refractivity contribution in [2.45, 2.75) is 44.7 Å². The van der Waals surface area contributed by atoms with Crippen molar-refractivity contribution in [3.63, 3.8) is 0 Å². The fourth-order valence-corrected chi connectivity index (χ4v) is 3.28. The number of hydrogen-bond acceptors (Lipinski definition) is 3. The maximum Gasteiger partial charge on any atom is 0.220 e. The molecule has 0 radical (unpaired) electrons. The molecule has 0 aliphatic heterocycles. The van der Waals surface area contributed by atoms with Crippen LogP contribution in [0, 0.1) is 5.92 Å². The minimum Gasteiger partial charge on any atom is -0.350 e. The first-order valence-corrected chi connectivity index (χ1v) is 8.28. The second-order valence-electron chi connectivity index (χ2n) is 6.39. The molecule has 1 unspecified atom stereocenters. The van der Waals surface area contributed by atoms with E-state index < -0.39 is 0 Å². The van der Waals surface area contributed by atoms with Gasteiger partial charge >= 0.3 is 0 Å². The lowest BCUT2D eigenvalue weighted by Crippen LogP contribution is -2.32. The molecule has 1 amide bonds. The molecule has 1 aromatic heterocycles. The van der Waals surface area contributed by atoms with Gasteiger partial charge in [-0.25, -0.2) is 4.68 Å². The zero-order valence-electron chi connectivity index (χ0n) is 13.9. The van der Waals surface area contributed by atoms with Crippen molar-refractivity contribution in [2.75, 3.05) is 0 Å². The van der Waals surface area contributed by atoms with Gasteiger partial charge in [0.05, 0.1) is 11.7 Å². The Kier molecular flexibility index (Phi) is 6.40. The van der Waals surface area contributed by atoms with Gasteiger partial charge in [0.15, 0.2) is 0 Å². The number of aromatic nitrogens is 2. The van der Waals surface area contributed by atoms with Gasteiger partial charge in [-0.15, -0.1) is 12.4 Å². The fourth-order valence-electron chi connectivity index (χ4n) is 3.28. The minimum absolute atomic E-state index is 0. The second kappa shape index (κ2) is 8.31. The van der Waals surface area contributed by atoms with Gasteiger partial charge < -0.3 is 11.1 Å². The zero-order valence-corrected chi connectivity index (χ0v) is 14.7.